The Morgan fingerprint density at radius 1 is 0.645 bits per heavy atom. The quantitative estimate of drug-likeness (QED) is 0.429. The number of amides is 2. The number of esters is 1. The number of para-hydroxylation sites is 1. The lowest BCUT2D eigenvalue weighted by molar-refractivity contribution is -0.150. The first-order valence-electron chi connectivity index (χ1n) is 9.36. The lowest BCUT2D eigenvalue weighted by Gasteiger charge is -2.09. The zero-order chi connectivity index (χ0) is 21.9. The van der Waals surface area contributed by atoms with Crippen molar-refractivity contribution < 1.29 is 28.6 Å². The van der Waals surface area contributed by atoms with Crippen LogP contribution in [0.3, 0.4) is 0 Å². The summed E-state index contributed by atoms with van der Waals surface area (Å²) in [6.45, 7) is -0.927. The molecule has 8 heteroatoms. The Labute approximate surface area is 178 Å². The van der Waals surface area contributed by atoms with Gasteiger partial charge in [0, 0.05) is 5.56 Å². The standard InChI is InChI=1S/C23H20N2O6/c26-21(24-25-23(28)17-7-3-1-4-8-17)15-30-22(27)16-29-18-11-13-20(14-12-18)31-19-9-5-2-6-10-19/h1-14H,15-16H2,(H,24,26)(H,25,28). The van der Waals surface area contributed by atoms with Crippen LogP contribution in [0.15, 0.2) is 84.9 Å². The fourth-order valence-corrected chi connectivity index (χ4v) is 2.38. The summed E-state index contributed by atoms with van der Waals surface area (Å²) in [7, 11) is 0. The summed E-state index contributed by atoms with van der Waals surface area (Å²) in [6, 6.07) is 24.4. The van der Waals surface area contributed by atoms with Gasteiger partial charge in [0.1, 0.15) is 17.2 Å². The van der Waals surface area contributed by atoms with Crippen molar-refractivity contribution in [3.8, 4) is 17.2 Å². The number of ether oxygens (including phenoxy) is 3. The van der Waals surface area contributed by atoms with Gasteiger partial charge in [0.05, 0.1) is 0 Å². The average Bonchev–Trinajstić information content (AvgIpc) is 2.82. The number of rotatable bonds is 8. The van der Waals surface area contributed by atoms with Crippen LogP contribution in [0.2, 0.25) is 0 Å². The molecular formula is C23H20N2O6. The van der Waals surface area contributed by atoms with Crippen molar-refractivity contribution in [3.05, 3.63) is 90.5 Å². The van der Waals surface area contributed by atoms with Gasteiger partial charge in [0.25, 0.3) is 11.8 Å². The first-order chi connectivity index (χ1) is 15.1. The third-order valence-corrected chi connectivity index (χ3v) is 3.88. The highest BCUT2D eigenvalue weighted by Gasteiger charge is 2.10. The second kappa shape index (κ2) is 11.0. The summed E-state index contributed by atoms with van der Waals surface area (Å²) < 4.78 is 15.8. The van der Waals surface area contributed by atoms with Gasteiger partial charge in [-0.1, -0.05) is 36.4 Å². The third kappa shape index (κ3) is 7.21. The molecule has 0 atom stereocenters. The molecule has 0 aromatic heterocycles. The minimum absolute atomic E-state index is 0.372. The maximum absolute atomic E-state index is 11.8. The minimum atomic E-state index is -0.728. The van der Waals surface area contributed by atoms with Gasteiger partial charge in [0.15, 0.2) is 13.2 Å². The average molecular weight is 420 g/mol. The Bertz CT molecular complexity index is 1010. The summed E-state index contributed by atoms with van der Waals surface area (Å²) >= 11 is 0. The fraction of sp³-hybridized carbons (Fsp3) is 0.0870. The van der Waals surface area contributed by atoms with E-state index in [0.29, 0.717) is 22.8 Å². The molecule has 0 spiro atoms. The minimum Gasteiger partial charge on any atom is -0.482 e. The monoisotopic (exact) mass is 420 g/mol. The highest BCUT2D eigenvalue weighted by Crippen LogP contribution is 2.23. The van der Waals surface area contributed by atoms with Crippen molar-refractivity contribution in [2.45, 2.75) is 0 Å². The SMILES string of the molecule is O=C(COC(=O)COc1ccc(Oc2ccccc2)cc1)NNC(=O)c1ccccc1. The maximum Gasteiger partial charge on any atom is 0.344 e. The molecule has 0 unspecified atom stereocenters. The number of benzene rings is 3. The molecule has 3 rings (SSSR count). The van der Waals surface area contributed by atoms with Crippen LogP contribution in [0.4, 0.5) is 0 Å². The molecule has 3 aromatic carbocycles. The number of carbonyl (C=O) groups is 3. The lowest BCUT2D eigenvalue weighted by atomic mass is 10.2. The van der Waals surface area contributed by atoms with Crippen molar-refractivity contribution in [1.29, 1.82) is 0 Å². The second-order valence-electron chi connectivity index (χ2n) is 6.20. The van der Waals surface area contributed by atoms with Gasteiger partial charge in [-0.2, -0.15) is 0 Å². The first kappa shape index (κ1) is 21.4. The summed E-state index contributed by atoms with van der Waals surface area (Å²) in [4.78, 5) is 35.2. The highest BCUT2D eigenvalue weighted by molar-refractivity contribution is 5.95. The molecule has 31 heavy (non-hydrogen) atoms. The van der Waals surface area contributed by atoms with Gasteiger partial charge in [-0.15, -0.1) is 0 Å². The Kier molecular flexibility index (Phi) is 7.59. The predicted octanol–water partition coefficient (Wildman–Crippen LogP) is 2.86. The third-order valence-electron chi connectivity index (χ3n) is 3.88. The number of nitrogens with one attached hydrogen (secondary N) is 2. The molecular weight excluding hydrogens is 400 g/mol. The van der Waals surface area contributed by atoms with E-state index in [1.807, 2.05) is 30.3 Å². The van der Waals surface area contributed by atoms with Gasteiger partial charge in [-0.25, -0.2) is 4.79 Å². The number of hydrogen-bond donors (Lipinski definition) is 2. The Morgan fingerprint density at radius 3 is 1.90 bits per heavy atom. The molecule has 0 saturated heterocycles. The maximum atomic E-state index is 11.8. The van der Waals surface area contributed by atoms with E-state index in [4.69, 9.17) is 14.2 Å². The topological polar surface area (TPSA) is 103 Å². The molecule has 2 amide bonds. The molecule has 0 aliphatic heterocycles. The number of hydrogen-bond acceptors (Lipinski definition) is 6. The van der Waals surface area contributed by atoms with E-state index < -0.39 is 24.4 Å². The molecule has 0 radical (unpaired) electrons. The zero-order valence-corrected chi connectivity index (χ0v) is 16.4. The largest absolute Gasteiger partial charge is 0.482 e. The first-order valence-corrected chi connectivity index (χ1v) is 9.36. The Hall–Kier alpha value is -4.33. The van der Waals surface area contributed by atoms with E-state index in [0.717, 1.165) is 0 Å². The van der Waals surface area contributed by atoms with Gasteiger partial charge >= 0.3 is 5.97 Å². The normalized spacial score (nSPS) is 9.94. The molecule has 3 aromatic rings. The van der Waals surface area contributed by atoms with Crippen molar-refractivity contribution in [2.75, 3.05) is 13.2 Å². The van der Waals surface area contributed by atoms with Crippen LogP contribution in [-0.2, 0) is 14.3 Å². The van der Waals surface area contributed by atoms with Crippen LogP contribution in [-0.4, -0.2) is 31.0 Å². The van der Waals surface area contributed by atoms with Crippen molar-refractivity contribution >= 4 is 17.8 Å². The predicted molar refractivity (Wildman–Crippen MR) is 111 cm³/mol. The van der Waals surface area contributed by atoms with Crippen LogP contribution >= 0.6 is 0 Å². The molecule has 0 saturated carbocycles. The van der Waals surface area contributed by atoms with E-state index in [1.54, 1.807) is 54.6 Å². The van der Waals surface area contributed by atoms with Crippen LogP contribution in [0, 0.1) is 0 Å². The van der Waals surface area contributed by atoms with E-state index in [9.17, 15) is 14.4 Å². The van der Waals surface area contributed by atoms with E-state index in [1.165, 1.54) is 0 Å². The van der Waals surface area contributed by atoms with E-state index in [-0.39, 0.29) is 6.61 Å². The molecule has 8 nitrogen and oxygen atoms in total. The number of carbonyl (C=O) groups excluding carboxylic acids is 3. The number of hydrazine groups is 1. The van der Waals surface area contributed by atoms with Gasteiger partial charge < -0.3 is 14.2 Å². The molecule has 2 N–H and O–H groups in total. The van der Waals surface area contributed by atoms with E-state index >= 15 is 0 Å². The Balaban J connectivity index is 1.34. The van der Waals surface area contributed by atoms with Crippen LogP contribution in [0.25, 0.3) is 0 Å². The van der Waals surface area contributed by atoms with Crippen LogP contribution in [0.1, 0.15) is 10.4 Å². The lowest BCUT2D eigenvalue weighted by Crippen LogP contribution is -2.43. The van der Waals surface area contributed by atoms with E-state index in [2.05, 4.69) is 10.9 Å². The second-order valence-corrected chi connectivity index (χ2v) is 6.20. The summed E-state index contributed by atoms with van der Waals surface area (Å²) in [5.41, 5.74) is 4.78. The molecule has 0 fully saturated rings. The summed E-state index contributed by atoms with van der Waals surface area (Å²) in [5.74, 6) is -0.122. The molecule has 0 heterocycles. The highest BCUT2D eigenvalue weighted by atomic mass is 16.6. The van der Waals surface area contributed by atoms with Crippen molar-refractivity contribution in [3.63, 3.8) is 0 Å². The molecule has 0 aliphatic rings. The zero-order valence-electron chi connectivity index (χ0n) is 16.4. The molecule has 0 aliphatic carbocycles. The van der Waals surface area contributed by atoms with Crippen LogP contribution in [0.5, 0.6) is 17.2 Å². The molecule has 0 bridgehead atoms. The molecule has 158 valence electrons. The summed E-state index contributed by atoms with van der Waals surface area (Å²) in [5, 5.41) is 0. The summed E-state index contributed by atoms with van der Waals surface area (Å²) in [6.07, 6.45) is 0. The van der Waals surface area contributed by atoms with Gasteiger partial charge in [-0.3, -0.25) is 20.4 Å². The Morgan fingerprint density at radius 2 is 1.23 bits per heavy atom. The fourth-order valence-electron chi connectivity index (χ4n) is 2.38. The smallest absolute Gasteiger partial charge is 0.344 e. The van der Waals surface area contributed by atoms with Crippen molar-refractivity contribution in [2.24, 2.45) is 0 Å². The van der Waals surface area contributed by atoms with Crippen molar-refractivity contribution in [1.82, 2.24) is 10.9 Å². The van der Waals surface area contributed by atoms with Crippen LogP contribution < -0.4 is 20.3 Å². The van der Waals surface area contributed by atoms with Gasteiger partial charge in [0.2, 0.25) is 0 Å². The van der Waals surface area contributed by atoms with Gasteiger partial charge in [-0.05, 0) is 48.5 Å².